The van der Waals surface area contributed by atoms with Crippen LogP contribution in [0.4, 0.5) is 0 Å². The fourth-order valence-corrected chi connectivity index (χ4v) is 4.41. The van der Waals surface area contributed by atoms with Gasteiger partial charge in [-0.05, 0) is 50.3 Å². The Morgan fingerprint density at radius 1 is 1.35 bits per heavy atom. The van der Waals surface area contributed by atoms with Crippen molar-refractivity contribution in [1.82, 2.24) is 14.3 Å². The third-order valence-corrected chi connectivity index (χ3v) is 6.79. The zero-order valence-electron chi connectivity index (χ0n) is 15.0. The first-order valence-electron chi connectivity index (χ1n) is 8.95. The molecule has 1 aromatic carbocycles. The Morgan fingerprint density at radius 2 is 2.08 bits per heavy atom. The van der Waals surface area contributed by atoms with Crippen molar-refractivity contribution >= 4 is 20.9 Å². The van der Waals surface area contributed by atoms with Crippen LogP contribution in [0.3, 0.4) is 0 Å². The van der Waals surface area contributed by atoms with E-state index in [9.17, 15) is 13.2 Å². The molecule has 2 aliphatic carbocycles. The maximum Gasteiger partial charge on any atom is 0.299 e. The van der Waals surface area contributed by atoms with Crippen LogP contribution >= 0.6 is 0 Å². The number of aromatic nitrogens is 2. The molecule has 0 bridgehead atoms. The van der Waals surface area contributed by atoms with Crippen LogP contribution in [0.15, 0.2) is 27.9 Å². The summed E-state index contributed by atoms with van der Waals surface area (Å²) in [5, 5.41) is 0.269. The number of fused-ring (bicyclic) bond motifs is 1. The zero-order chi connectivity index (χ0) is 18.5. The molecule has 140 valence electrons. The van der Waals surface area contributed by atoms with Gasteiger partial charge in [-0.25, -0.2) is 13.1 Å². The smallest absolute Gasteiger partial charge is 0.299 e. The number of nitrogens with zero attached hydrogens (tertiary/aromatic N) is 2. The third-order valence-electron chi connectivity index (χ3n) is 5.15. The lowest BCUT2D eigenvalue weighted by atomic mass is 10.2. The highest BCUT2D eigenvalue weighted by Gasteiger charge is 2.41. The molecule has 0 atom stereocenters. The summed E-state index contributed by atoms with van der Waals surface area (Å²) < 4.78 is 34.8. The molecule has 0 unspecified atom stereocenters. The average molecular weight is 377 g/mol. The van der Waals surface area contributed by atoms with Crippen LogP contribution < -0.4 is 15.0 Å². The predicted molar refractivity (Wildman–Crippen MR) is 97.8 cm³/mol. The first-order valence-corrected chi connectivity index (χ1v) is 10.4. The van der Waals surface area contributed by atoms with Crippen molar-refractivity contribution in [2.24, 2.45) is 13.0 Å². The summed E-state index contributed by atoms with van der Waals surface area (Å²) in [6.45, 7) is 2.41. The van der Waals surface area contributed by atoms with E-state index in [1.54, 1.807) is 13.1 Å². The van der Waals surface area contributed by atoms with Gasteiger partial charge in [0.15, 0.2) is 0 Å². The Morgan fingerprint density at radius 3 is 2.73 bits per heavy atom. The summed E-state index contributed by atoms with van der Waals surface area (Å²) in [7, 11) is -2.07. The first kappa shape index (κ1) is 17.5. The monoisotopic (exact) mass is 377 g/mol. The Bertz CT molecular complexity index is 1020. The molecule has 0 amide bonds. The molecule has 0 radical (unpaired) electrons. The minimum atomic E-state index is -3.66. The number of hydrogen-bond donors (Lipinski definition) is 1. The van der Waals surface area contributed by atoms with Gasteiger partial charge in [-0.3, -0.25) is 9.36 Å². The van der Waals surface area contributed by atoms with Gasteiger partial charge in [0.25, 0.3) is 11.6 Å². The third kappa shape index (κ3) is 3.48. The van der Waals surface area contributed by atoms with Crippen LogP contribution in [-0.4, -0.2) is 30.1 Å². The lowest BCUT2D eigenvalue weighted by molar-refractivity contribution is 0.267. The van der Waals surface area contributed by atoms with Gasteiger partial charge in [-0.2, -0.15) is 4.98 Å². The van der Waals surface area contributed by atoms with Gasteiger partial charge in [-0.1, -0.05) is 12.8 Å². The van der Waals surface area contributed by atoms with Crippen molar-refractivity contribution in [3.8, 4) is 6.01 Å². The van der Waals surface area contributed by atoms with E-state index in [4.69, 9.17) is 4.74 Å². The first-order chi connectivity index (χ1) is 12.3. The van der Waals surface area contributed by atoms with E-state index in [-0.39, 0.29) is 27.4 Å². The summed E-state index contributed by atoms with van der Waals surface area (Å²) >= 11 is 0. The van der Waals surface area contributed by atoms with Crippen LogP contribution in [0.1, 0.15) is 39.0 Å². The molecular weight excluding hydrogens is 354 g/mol. The molecule has 2 aliphatic rings. The van der Waals surface area contributed by atoms with Crippen molar-refractivity contribution in [2.45, 2.75) is 49.5 Å². The molecule has 2 saturated carbocycles. The largest absolute Gasteiger partial charge is 0.465 e. The van der Waals surface area contributed by atoms with Crippen molar-refractivity contribution < 1.29 is 13.2 Å². The molecule has 2 aromatic rings. The Balaban J connectivity index is 1.65. The fourth-order valence-electron chi connectivity index (χ4n) is 2.92. The molecule has 8 heteroatoms. The minimum absolute atomic E-state index is 0.0828. The topological polar surface area (TPSA) is 90.3 Å². The van der Waals surface area contributed by atoms with Gasteiger partial charge in [0, 0.05) is 12.6 Å². The number of ether oxygens (including phenoxy) is 1. The molecule has 26 heavy (non-hydrogen) atoms. The summed E-state index contributed by atoms with van der Waals surface area (Å²) in [6, 6.07) is 4.71. The lowest BCUT2D eigenvalue weighted by Gasteiger charge is -2.13. The SMILES string of the molecule is Cn1c(OCCC2CC2)nc2ccc(S(=O)(=O)NC3(C)CC3)cc2c1=O. The molecule has 1 aromatic heterocycles. The maximum atomic E-state index is 12.7. The number of rotatable bonds is 7. The van der Waals surface area contributed by atoms with Crippen molar-refractivity contribution in [2.75, 3.05) is 6.61 Å². The molecule has 2 fully saturated rings. The Labute approximate surface area is 152 Å². The molecule has 0 saturated heterocycles. The van der Waals surface area contributed by atoms with Crippen LogP contribution in [0.5, 0.6) is 6.01 Å². The van der Waals surface area contributed by atoms with Gasteiger partial charge in [0.05, 0.1) is 22.4 Å². The lowest BCUT2D eigenvalue weighted by Crippen LogP contribution is -2.34. The highest BCUT2D eigenvalue weighted by molar-refractivity contribution is 7.89. The normalized spacial score (nSPS) is 18.8. The van der Waals surface area contributed by atoms with E-state index in [1.807, 2.05) is 6.92 Å². The molecule has 4 rings (SSSR count). The van der Waals surface area contributed by atoms with Crippen LogP contribution in [0, 0.1) is 5.92 Å². The number of nitrogens with one attached hydrogen (secondary N) is 1. The van der Waals surface area contributed by atoms with Gasteiger partial charge in [-0.15, -0.1) is 0 Å². The fraction of sp³-hybridized carbons (Fsp3) is 0.556. The van der Waals surface area contributed by atoms with E-state index < -0.39 is 10.0 Å². The van der Waals surface area contributed by atoms with Gasteiger partial charge in [0.2, 0.25) is 10.0 Å². The molecule has 1 heterocycles. The quantitative estimate of drug-likeness (QED) is 0.796. The standard InChI is InChI=1S/C18H23N3O4S/c1-18(8-9-18)20-26(23,24)13-5-6-15-14(11-13)16(22)21(2)17(19-15)25-10-7-12-3-4-12/h5-6,11-12,20H,3-4,7-10H2,1-2H3. The molecule has 7 nitrogen and oxygen atoms in total. The van der Waals surface area contributed by atoms with E-state index in [1.165, 1.54) is 29.5 Å². The average Bonchev–Trinajstić information content (AvgIpc) is 3.50. The second kappa shape index (κ2) is 6.06. The maximum absolute atomic E-state index is 12.7. The van der Waals surface area contributed by atoms with Gasteiger partial charge >= 0.3 is 0 Å². The van der Waals surface area contributed by atoms with Crippen LogP contribution in [-0.2, 0) is 17.1 Å². The molecule has 0 spiro atoms. The zero-order valence-corrected chi connectivity index (χ0v) is 15.8. The summed E-state index contributed by atoms with van der Waals surface area (Å²) in [5.74, 6) is 0.737. The van der Waals surface area contributed by atoms with Crippen molar-refractivity contribution in [3.05, 3.63) is 28.6 Å². The number of hydrogen-bond acceptors (Lipinski definition) is 5. The van der Waals surface area contributed by atoms with Gasteiger partial charge < -0.3 is 4.74 Å². The van der Waals surface area contributed by atoms with Crippen LogP contribution in [0.2, 0.25) is 0 Å². The second-order valence-corrected chi connectivity index (χ2v) is 9.37. The Hall–Kier alpha value is -1.93. The summed E-state index contributed by atoms with van der Waals surface area (Å²) in [6.07, 6.45) is 5.11. The summed E-state index contributed by atoms with van der Waals surface area (Å²) in [4.78, 5) is 17.1. The number of sulfonamides is 1. The van der Waals surface area contributed by atoms with Crippen molar-refractivity contribution in [3.63, 3.8) is 0 Å². The van der Waals surface area contributed by atoms with Crippen molar-refractivity contribution in [1.29, 1.82) is 0 Å². The van der Waals surface area contributed by atoms with Crippen LogP contribution in [0.25, 0.3) is 10.9 Å². The Kier molecular flexibility index (Phi) is 4.07. The van der Waals surface area contributed by atoms with E-state index >= 15 is 0 Å². The van der Waals surface area contributed by atoms with E-state index in [0.29, 0.717) is 12.1 Å². The summed E-state index contributed by atoms with van der Waals surface area (Å²) in [5.41, 5.74) is -0.242. The second-order valence-electron chi connectivity index (χ2n) is 7.68. The predicted octanol–water partition coefficient (Wildman–Crippen LogP) is 1.94. The number of benzene rings is 1. The van der Waals surface area contributed by atoms with E-state index in [0.717, 1.165) is 25.2 Å². The molecule has 0 aliphatic heterocycles. The minimum Gasteiger partial charge on any atom is -0.465 e. The highest BCUT2D eigenvalue weighted by Crippen LogP contribution is 2.36. The van der Waals surface area contributed by atoms with E-state index in [2.05, 4.69) is 9.71 Å². The highest BCUT2D eigenvalue weighted by atomic mass is 32.2. The molecule has 1 N–H and O–H groups in total. The van der Waals surface area contributed by atoms with Gasteiger partial charge in [0.1, 0.15) is 0 Å². The molecular formula is C18H23N3O4S.